The van der Waals surface area contributed by atoms with Gasteiger partial charge in [0.2, 0.25) is 11.8 Å². The number of ether oxygens (including phenoxy) is 1. The number of carbonyl (C=O) groups excluding carboxylic acids is 4. The summed E-state index contributed by atoms with van der Waals surface area (Å²) in [6, 6.07) is 7.34. The predicted octanol–water partition coefficient (Wildman–Crippen LogP) is -0.363. The summed E-state index contributed by atoms with van der Waals surface area (Å²) in [5.41, 5.74) is 4.85. The first-order chi connectivity index (χ1) is 14.4. The summed E-state index contributed by atoms with van der Waals surface area (Å²) in [4.78, 5) is 60.7. The highest BCUT2D eigenvalue weighted by atomic mass is 16.6. The van der Waals surface area contributed by atoms with Gasteiger partial charge in [-0.3, -0.25) is 19.2 Å². The second kappa shape index (κ2) is 11.6. The average molecular weight is 436 g/mol. The molecule has 0 unspecified atom stereocenters. The van der Waals surface area contributed by atoms with Crippen LogP contribution < -0.4 is 16.4 Å². The quantitative estimate of drug-likeness (QED) is 0.407. The number of imide groups is 1. The average Bonchev–Trinajstić information content (AvgIpc) is 2.68. The first-order valence-electron chi connectivity index (χ1n) is 9.49. The summed E-state index contributed by atoms with van der Waals surface area (Å²) in [5, 5.41) is 13.9. The van der Waals surface area contributed by atoms with Crippen molar-refractivity contribution in [3.05, 3.63) is 35.9 Å². The van der Waals surface area contributed by atoms with Gasteiger partial charge in [-0.1, -0.05) is 30.3 Å². The minimum absolute atomic E-state index is 0.0187. The van der Waals surface area contributed by atoms with E-state index in [4.69, 9.17) is 15.6 Å². The topological polar surface area (TPSA) is 168 Å². The number of nitrogens with zero attached hydrogens (tertiary/aromatic N) is 1. The van der Waals surface area contributed by atoms with Crippen LogP contribution >= 0.6 is 0 Å². The number of rotatable bonds is 9. The maximum Gasteiger partial charge on any atom is 0.417 e. The van der Waals surface area contributed by atoms with Gasteiger partial charge in [0.25, 0.3) is 5.91 Å². The van der Waals surface area contributed by atoms with Crippen molar-refractivity contribution in [3.63, 3.8) is 0 Å². The highest BCUT2D eigenvalue weighted by Crippen LogP contribution is 2.13. The second-order valence-corrected chi connectivity index (χ2v) is 7.59. The Balaban J connectivity index is 3.11. The van der Waals surface area contributed by atoms with Gasteiger partial charge < -0.3 is 26.2 Å². The van der Waals surface area contributed by atoms with Crippen LogP contribution in [0.2, 0.25) is 0 Å². The molecule has 0 saturated carbocycles. The Morgan fingerprint density at radius 2 is 1.71 bits per heavy atom. The van der Waals surface area contributed by atoms with Crippen LogP contribution in [0.5, 0.6) is 0 Å². The highest BCUT2D eigenvalue weighted by Gasteiger charge is 2.34. The fraction of sp³-hybridized carbons (Fsp3) is 0.450. The Morgan fingerprint density at radius 1 is 1.10 bits per heavy atom. The van der Waals surface area contributed by atoms with Crippen LogP contribution in [0.15, 0.2) is 30.3 Å². The normalized spacial score (nSPS) is 11.7. The molecule has 0 bridgehead atoms. The predicted molar refractivity (Wildman–Crippen MR) is 110 cm³/mol. The number of carboxylic acid groups (broad SMARTS) is 1. The van der Waals surface area contributed by atoms with E-state index in [1.54, 1.807) is 51.1 Å². The van der Waals surface area contributed by atoms with E-state index < -0.39 is 54.5 Å². The molecule has 0 spiro atoms. The largest absolute Gasteiger partial charge is 0.480 e. The van der Waals surface area contributed by atoms with Crippen molar-refractivity contribution in [2.45, 2.75) is 38.8 Å². The lowest BCUT2D eigenvalue weighted by atomic mass is 10.0. The Labute approximate surface area is 179 Å². The molecule has 0 saturated heterocycles. The summed E-state index contributed by atoms with van der Waals surface area (Å²) in [5.74, 6) is -3.67. The van der Waals surface area contributed by atoms with Crippen molar-refractivity contribution in [1.29, 1.82) is 0 Å². The molecule has 11 nitrogen and oxygen atoms in total. The molecular weight excluding hydrogens is 408 g/mol. The number of hydrogen-bond donors (Lipinski definition) is 4. The molecule has 0 fully saturated rings. The second-order valence-electron chi connectivity index (χ2n) is 7.59. The van der Waals surface area contributed by atoms with Crippen molar-refractivity contribution < 1.29 is 33.8 Å². The maximum absolute atomic E-state index is 13.1. The summed E-state index contributed by atoms with van der Waals surface area (Å²) >= 11 is 0. The number of aliphatic carboxylic acids is 1. The van der Waals surface area contributed by atoms with Crippen LogP contribution in [0.1, 0.15) is 26.3 Å². The van der Waals surface area contributed by atoms with Crippen LogP contribution in [0, 0.1) is 0 Å². The van der Waals surface area contributed by atoms with Crippen LogP contribution in [0.4, 0.5) is 4.79 Å². The number of carboxylic acids is 1. The Hall–Kier alpha value is -3.47. The van der Waals surface area contributed by atoms with Gasteiger partial charge in [-0.05, 0) is 26.3 Å². The van der Waals surface area contributed by atoms with Gasteiger partial charge >= 0.3 is 12.1 Å². The summed E-state index contributed by atoms with van der Waals surface area (Å²) in [7, 11) is 0. The van der Waals surface area contributed by atoms with Crippen LogP contribution in [-0.4, -0.2) is 71.1 Å². The maximum atomic E-state index is 13.1. The van der Waals surface area contributed by atoms with Gasteiger partial charge in [-0.2, -0.15) is 0 Å². The van der Waals surface area contributed by atoms with Gasteiger partial charge in [-0.25, -0.2) is 9.69 Å². The summed E-state index contributed by atoms with van der Waals surface area (Å²) in [6.45, 7) is 3.00. The van der Waals surface area contributed by atoms with Crippen molar-refractivity contribution in [2.24, 2.45) is 5.73 Å². The molecule has 0 aromatic heterocycles. The lowest BCUT2D eigenvalue weighted by Gasteiger charge is -2.28. The summed E-state index contributed by atoms with van der Waals surface area (Å²) in [6.07, 6.45) is -1.17. The van der Waals surface area contributed by atoms with E-state index in [2.05, 4.69) is 10.6 Å². The van der Waals surface area contributed by atoms with Crippen molar-refractivity contribution in [1.82, 2.24) is 15.5 Å². The highest BCUT2D eigenvalue weighted by molar-refractivity contribution is 5.99. The standard InChI is InChI=1S/C20H28N4O7/c1-20(2,3)31-19(30)24(12-17(27)28)18(29)14(9-13-7-5-4-6-8-13)23-16(26)11-22-15(25)10-21/h4-8,14H,9-12,21H2,1-3H3,(H,22,25)(H,23,26)(H,27,28)/t14-/m0/s1. The first kappa shape index (κ1) is 25.6. The zero-order valence-corrected chi connectivity index (χ0v) is 17.7. The number of hydrogen-bond acceptors (Lipinski definition) is 7. The van der Waals surface area contributed by atoms with Gasteiger partial charge in [0.1, 0.15) is 18.2 Å². The monoisotopic (exact) mass is 436 g/mol. The molecule has 0 aliphatic rings. The molecule has 170 valence electrons. The molecule has 1 rings (SSSR count). The van der Waals surface area contributed by atoms with Crippen molar-refractivity contribution >= 4 is 29.8 Å². The third kappa shape index (κ3) is 9.72. The van der Waals surface area contributed by atoms with Gasteiger partial charge in [0.15, 0.2) is 0 Å². The van der Waals surface area contributed by atoms with Crippen LogP contribution in [0.25, 0.3) is 0 Å². The number of nitrogens with one attached hydrogen (secondary N) is 2. The van der Waals surface area contributed by atoms with Gasteiger partial charge in [-0.15, -0.1) is 0 Å². The van der Waals surface area contributed by atoms with E-state index >= 15 is 0 Å². The van der Waals surface area contributed by atoms with E-state index in [1.807, 2.05) is 0 Å². The molecule has 0 aliphatic heterocycles. The number of benzene rings is 1. The van der Waals surface area contributed by atoms with E-state index in [-0.39, 0.29) is 13.0 Å². The molecule has 1 aromatic rings. The molecule has 31 heavy (non-hydrogen) atoms. The fourth-order valence-corrected chi connectivity index (χ4v) is 2.42. The molecule has 0 radical (unpaired) electrons. The fourth-order valence-electron chi connectivity index (χ4n) is 2.42. The van der Waals surface area contributed by atoms with E-state index in [1.165, 1.54) is 0 Å². The third-order valence-corrected chi connectivity index (χ3v) is 3.72. The van der Waals surface area contributed by atoms with Crippen LogP contribution in [0.3, 0.4) is 0 Å². The Kier molecular flexibility index (Phi) is 9.61. The van der Waals surface area contributed by atoms with E-state index in [0.717, 1.165) is 0 Å². The molecule has 5 N–H and O–H groups in total. The number of nitrogens with two attached hydrogens (primary N) is 1. The molecule has 0 aliphatic carbocycles. The zero-order valence-electron chi connectivity index (χ0n) is 17.7. The zero-order chi connectivity index (χ0) is 23.6. The van der Waals surface area contributed by atoms with Crippen molar-refractivity contribution in [3.8, 4) is 0 Å². The SMILES string of the molecule is CC(C)(C)OC(=O)N(CC(=O)O)C(=O)[C@H](Cc1ccccc1)NC(=O)CNC(=O)CN. The lowest BCUT2D eigenvalue weighted by Crippen LogP contribution is -2.55. The number of carbonyl (C=O) groups is 5. The van der Waals surface area contributed by atoms with E-state index in [9.17, 15) is 24.0 Å². The lowest BCUT2D eigenvalue weighted by molar-refractivity contribution is -0.145. The number of amides is 4. The van der Waals surface area contributed by atoms with Crippen molar-refractivity contribution in [2.75, 3.05) is 19.6 Å². The molecule has 11 heteroatoms. The molecule has 4 amide bonds. The van der Waals surface area contributed by atoms with Crippen LogP contribution in [-0.2, 0) is 30.3 Å². The Bertz CT molecular complexity index is 805. The molecule has 1 aromatic carbocycles. The molecular formula is C20H28N4O7. The Morgan fingerprint density at radius 3 is 2.23 bits per heavy atom. The third-order valence-electron chi connectivity index (χ3n) is 3.72. The minimum Gasteiger partial charge on any atom is -0.480 e. The smallest absolute Gasteiger partial charge is 0.417 e. The van der Waals surface area contributed by atoms with Gasteiger partial charge in [0, 0.05) is 6.42 Å². The minimum atomic E-state index is -1.43. The first-order valence-corrected chi connectivity index (χ1v) is 9.49. The summed E-state index contributed by atoms with van der Waals surface area (Å²) < 4.78 is 5.14. The molecule has 0 heterocycles. The van der Waals surface area contributed by atoms with Gasteiger partial charge in [0.05, 0.1) is 13.1 Å². The molecule has 1 atom stereocenters. The van der Waals surface area contributed by atoms with E-state index in [0.29, 0.717) is 10.5 Å².